The first-order chi connectivity index (χ1) is 7.23. The van der Waals surface area contributed by atoms with Crippen molar-refractivity contribution in [3.05, 3.63) is 0 Å². The number of nitrogens with one attached hydrogen (secondary N) is 1. The lowest BCUT2D eigenvalue weighted by molar-refractivity contribution is -0.135. The van der Waals surface area contributed by atoms with Crippen molar-refractivity contribution in [2.75, 3.05) is 6.54 Å². The third-order valence-corrected chi connectivity index (χ3v) is 3.49. The summed E-state index contributed by atoms with van der Waals surface area (Å²) in [6, 6.07) is 0.230. The molecular weight excluding hydrogens is 219 g/mol. The average Bonchev–Trinajstić information content (AvgIpc) is 2.14. The zero-order valence-corrected chi connectivity index (χ0v) is 9.77. The maximum atomic E-state index is 11.8. The van der Waals surface area contributed by atoms with Crippen LogP contribution in [0.2, 0.25) is 0 Å². The van der Waals surface area contributed by atoms with E-state index in [0.29, 0.717) is 19.4 Å². The van der Waals surface area contributed by atoms with Gasteiger partial charge in [0.1, 0.15) is 0 Å². The Bertz CT molecular complexity index is 228. The molecule has 2 unspecified atom stereocenters. The lowest BCUT2D eigenvalue weighted by Gasteiger charge is -2.49. The van der Waals surface area contributed by atoms with Crippen LogP contribution in [0.4, 0.5) is 13.2 Å². The maximum Gasteiger partial charge on any atom is 0.389 e. The molecule has 0 bridgehead atoms. The fourth-order valence-corrected chi connectivity index (χ4v) is 1.98. The molecule has 2 nitrogen and oxygen atoms in total. The van der Waals surface area contributed by atoms with Crippen LogP contribution in [0, 0.1) is 5.41 Å². The summed E-state index contributed by atoms with van der Waals surface area (Å²) in [5.74, 6) is 0. The van der Waals surface area contributed by atoms with E-state index in [1.165, 1.54) is 0 Å². The molecule has 1 aliphatic carbocycles. The Balaban J connectivity index is 2.05. The van der Waals surface area contributed by atoms with E-state index in [9.17, 15) is 18.3 Å². The molecule has 96 valence electrons. The van der Waals surface area contributed by atoms with Gasteiger partial charge in [0.2, 0.25) is 0 Å². The number of hydrogen-bond acceptors (Lipinski definition) is 2. The number of alkyl halides is 3. The molecule has 5 heteroatoms. The van der Waals surface area contributed by atoms with Crippen molar-refractivity contribution in [3.63, 3.8) is 0 Å². The van der Waals surface area contributed by atoms with Gasteiger partial charge in [-0.15, -0.1) is 0 Å². The van der Waals surface area contributed by atoms with Crippen LogP contribution in [-0.2, 0) is 0 Å². The molecule has 16 heavy (non-hydrogen) atoms. The number of aliphatic hydroxyl groups excluding tert-OH is 1. The average molecular weight is 239 g/mol. The Kier molecular flexibility index (Phi) is 4.23. The quantitative estimate of drug-likeness (QED) is 0.722. The van der Waals surface area contributed by atoms with Gasteiger partial charge in [-0.25, -0.2) is 0 Å². The van der Waals surface area contributed by atoms with E-state index in [2.05, 4.69) is 5.32 Å². The van der Waals surface area contributed by atoms with E-state index < -0.39 is 12.6 Å². The minimum atomic E-state index is -4.04. The standard InChI is InChI=1S/C11H20F3NO/c1-10(2)8(7-9(10)16)15-6-4-3-5-11(12,13)14/h8-9,15-16H,3-7H2,1-2H3. The second-order valence-electron chi connectivity index (χ2n) is 5.15. The fraction of sp³-hybridized carbons (Fsp3) is 1.00. The van der Waals surface area contributed by atoms with Gasteiger partial charge in [-0.1, -0.05) is 13.8 Å². The minimum Gasteiger partial charge on any atom is -0.392 e. The molecule has 0 aromatic rings. The summed E-state index contributed by atoms with van der Waals surface area (Å²) in [7, 11) is 0. The lowest BCUT2D eigenvalue weighted by Crippen LogP contribution is -2.60. The van der Waals surface area contributed by atoms with E-state index in [-0.39, 0.29) is 24.0 Å². The molecule has 0 aliphatic heterocycles. The van der Waals surface area contributed by atoms with Crippen molar-refractivity contribution >= 4 is 0 Å². The SMILES string of the molecule is CC1(C)C(O)CC1NCCCCC(F)(F)F. The molecule has 0 amide bonds. The number of halogens is 3. The Labute approximate surface area is 94.2 Å². The summed E-state index contributed by atoms with van der Waals surface area (Å²) in [4.78, 5) is 0. The number of rotatable bonds is 5. The van der Waals surface area contributed by atoms with E-state index in [0.717, 1.165) is 0 Å². The smallest absolute Gasteiger partial charge is 0.389 e. The van der Waals surface area contributed by atoms with Crippen molar-refractivity contribution in [1.29, 1.82) is 0 Å². The molecule has 1 aliphatic rings. The van der Waals surface area contributed by atoms with Gasteiger partial charge in [-0.05, 0) is 25.8 Å². The largest absolute Gasteiger partial charge is 0.392 e. The summed E-state index contributed by atoms with van der Waals surface area (Å²) in [6.45, 7) is 4.53. The van der Waals surface area contributed by atoms with Crippen molar-refractivity contribution in [1.82, 2.24) is 5.32 Å². The van der Waals surface area contributed by atoms with Crippen LogP contribution in [0.1, 0.15) is 39.5 Å². The predicted molar refractivity (Wildman–Crippen MR) is 56.1 cm³/mol. The highest BCUT2D eigenvalue weighted by Gasteiger charge is 2.46. The van der Waals surface area contributed by atoms with Crippen molar-refractivity contribution < 1.29 is 18.3 Å². The van der Waals surface area contributed by atoms with Crippen LogP contribution >= 0.6 is 0 Å². The zero-order chi connectivity index (χ0) is 12.4. The topological polar surface area (TPSA) is 32.3 Å². The normalized spacial score (nSPS) is 28.9. The van der Waals surface area contributed by atoms with Crippen molar-refractivity contribution in [3.8, 4) is 0 Å². The fourth-order valence-electron chi connectivity index (χ4n) is 1.98. The molecule has 0 radical (unpaired) electrons. The molecule has 2 N–H and O–H groups in total. The molecule has 0 spiro atoms. The highest BCUT2D eigenvalue weighted by atomic mass is 19.4. The van der Waals surface area contributed by atoms with Crippen molar-refractivity contribution in [2.45, 2.75) is 57.9 Å². The Morgan fingerprint density at radius 1 is 1.31 bits per heavy atom. The summed E-state index contributed by atoms with van der Waals surface area (Å²) >= 11 is 0. The number of unbranched alkanes of at least 4 members (excludes halogenated alkanes) is 1. The molecule has 2 atom stereocenters. The first kappa shape index (κ1) is 13.8. The lowest BCUT2D eigenvalue weighted by atomic mass is 9.64. The summed E-state index contributed by atoms with van der Waals surface area (Å²) in [5, 5.41) is 12.7. The van der Waals surface area contributed by atoms with Crippen LogP contribution in [0.15, 0.2) is 0 Å². The van der Waals surface area contributed by atoms with Gasteiger partial charge in [0.25, 0.3) is 0 Å². The second-order valence-corrected chi connectivity index (χ2v) is 5.15. The van der Waals surface area contributed by atoms with Crippen LogP contribution in [-0.4, -0.2) is 30.0 Å². The summed E-state index contributed by atoms with van der Waals surface area (Å²) in [5.41, 5.74) is -0.149. The third-order valence-electron chi connectivity index (χ3n) is 3.49. The van der Waals surface area contributed by atoms with E-state index in [1.807, 2.05) is 13.8 Å². The van der Waals surface area contributed by atoms with Gasteiger partial charge in [-0.3, -0.25) is 0 Å². The van der Waals surface area contributed by atoms with E-state index >= 15 is 0 Å². The Morgan fingerprint density at radius 3 is 2.38 bits per heavy atom. The van der Waals surface area contributed by atoms with Gasteiger partial charge in [0.05, 0.1) is 6.10 Å². The van der Waals surface area contributed by atoms with Crippen LogP contribution in [0.3, 0.4) is 0 Å². The van der Waals surface area contributed by atoms with Crippen molar-refractivity contribution in [2.24, 2.45) is 5.41 Å². The van der Waals surface area contributed by atoms with Gasteiger partial charge in [-0.2, -0.15) is 13.2 Å². The molecule has 1 rings (SSSR count). The number of aliphatic hydroxyl groups is 1. The monoisotopic (exact) mass is 239 g/mol. The van der Waals surface area contributed by atoms with Gasteiger partial charge in [0, 0.05) is 17.9 Å². The zero-order valence-electron chi connectivity index (χ0n) is 9.77. The Morgan fingerprint density at radius 2 is 1.94 bits per heavy atom. The van der Waals surface area contributed by atoms with Crippen LogP contribution in [0.5, 0.6) is 0 Å². The third kappa shape index (κ3) is 3.63. The first-order valence-electron chi connectivity index (χ1n) is 5.71. The second kappa shape index (κ2) is 4.92. The molecule has 1 saturated carbocycles. The molecule has 0 aromatic heterocycles. The van der Waals surface area contributed by atoms with Gasteiger partial charge in [0.15, 0.2) is 0 Å². The Hall–Kier alpha value is -0.290. The maximum absolute atomic E-state index is 11.8. The summed E-state index contributed by atoms with van der Waals surface area (Å²) < 4.78 is 35.5. The molecular formula is C11H20F3NO. The highest BCUT2D eigenvalue weighted by molar-refractivity contribution is 5.01. The van der Waals surface area contributed by atoms with Gasteiger partial charge < -0.3 is 10.4 Å². The molecule has 0 heterocycles. The molecule has 0 saturated heterocycles. The molecule has 1 fully saturated rings. The number of hydrogen-bond donors (Lipinski definition) is 2. The first-order valence-corrected chi connectivity index (χ1v) is 5.71. The highest BCUT2D eigenvalue weighted by Crippen LogP contribution is 2.40. The predicted octanol–water partition coefficient (Wildman–Crippen LogP) is 2.47. The van der Waals surface area contributed by atoms with Gasteiger partial charge >= 0.3 is 6.18 Å². The van der Waals surface area contributed by atoms with E-state index in [4.69, 9.17) is 0 Å². The summed E-state index contributed by atoms with van der Waals surface area (Å²) in [6.07, 6.45) is -3.63. The van der Waals surface area contributed by atoms with E-state index in [1.54, 1.807) is 0 Å². The molecule has 0 aromatic carbocycles. The van der Waals surface area contributed by atoms with Crippen LogP contribution in [0.25, 0.3) is 0 Å². The van der Waals surface area contributed by atoms with Crippen LogP contribution < -0.4 is 5.32 Å². The minimum absolute atomic E-state index is 0.149.